The molecule has 0 rings (SSSR count). The number of hydrogen-bond donors (Lipinski definition) is 0. The second-order valence-corrected chi connectivity index (χ2v) is 6.06. The van der Waals surface area contributed by atoms with Crippen molar-refractivity contribution in [1.29, 1.82) is 0 Å². The molecule has 0 radical (unpaired) electrons. The summed E-state index contributed by atoms with van der Waals surface area (Å²) in [5.41, 5.74) is 0. The van der Waals surface area contributed by atoms with E-state index >= 15 is 0 Å². The van der Waals surface area contributed by atoms with Crippen molar-refractivity contribution in [2.75, 3.05) is 0 Å². The Morgan fingerprint density at radius 2 is 1.32 bits per heavy atom. The third kappa shape index (κ3) is 4.92. The molecule has 0 aliphatic rings. The molecule has 10 heteroatoms. The monoisotopic (exact) mass is 456 g/mol. The Bertz CT molecular complexity index is 385. The number of alkyl halides is 9. The van der Waals surface area contributed by atoms with Crippen LogP contribution in [0, 0.1) is 0 Å². The van der Waals surface area contributed by atoms with Gasteiger partial charge in [0.25, 0.3) is 0 Å². The van der Waals surface area contributed by atoms with Crippen LogP contribution in [0.3, 0.4) is 0 Å². The van der Waals surface area contributed by atoms with Gasteiger partial charge in [-0.15, -0.1) is 0 Å². The van der Waals surface area contributed by atoms with Gasteiger partial charge in [-0.25, -0.2) is 0 Å². The highest BCUT2D eigenvalue weighted by atomic mass is 127. The van der Waals surface area contributed by atoms with Gasteiger partial charge in [-0.2, -0.15) is 39.5 Å². The van der Waals surface area contributed by atoms with Crippen LogP contribution in [0.25, 0.3) is 0 Å². The van der Waals surface area contributed by atoms with E-state index in [1.807, 2.05) is 6.92 Å². The fraction of sp³-hybridized carbons (Fsp3) is 0.833. The minimum atomic E-state index is -6.83. The molecular formula is C12H14F9I. The van der Waals surface area contributed by atoms with Gasteiger partial charge in [-0.3, -0.25) is 0 Å². The van der Waals surface area contributed by atoms with Gasteiger partial charge in [-0.05, 0) is 39.0 Å². The second kappa shape index (κ2) is 7.61. The summed E-state index contributed by atoms with van der Waals surface area (Å²) in [5, 5.41) is 0. The van der Waals surface area contributed by atoms with Gasteiger partial charge in [0, 0.05) is 6.08 Å². The van der Waals surface area contributed by atoms with Crippen molar-refractivity contribution in [3.63, 3.8) is 0 Å². The molecule has 0 aromatic carbocycles. The lowest BCUT2D eigenvalue weighted by Crippen LogP contribution is -2.60. The van der Waals surface area contributed by atoms with Gasteiger partial charge < -0.3 is 0 Å². The van der Waals surface area contributed by atoms with Crippen LogP contribution in [0.4, 0.5) is 39.5 Å². The van der Waals surface area contributed by atoms with E-state index in [9.17, 15) is 39.5 Å². The summed E-state index contributed by atoms with van der Waals surface area (Å²) in [6, 6.07) is 0. The van der Waals surface area contributed by atoms with E-state index in [0.717, 1.165) is 12.8 Å². The average molecular weight is 456 g/mol. The Balaban J connectivity index is 5.19. The summed E-state index contributed by atoms with van der Waals surface area (Å²) in [6.45, 7) is 1.87. The SMILES string of the molecule is CCCCCC/C(I)=C/C(F)(F)C(F)(F)C(F)(F)C(F)(F)F. The highest BCUT2D eigenvalue weighted by molar-refractivity contribution is 14.1. The molecule has 0 aliphatic carbocycles. The minimum Gasteiger partial charge on any atom is -0.195 e. The predicted molar refractivity (Wildman–Crippen MR) is 71.8 cm³/mol. The van der Waals surface area contributed by atoms with E-state index in [1.165, 1.54) is 22.6 Å². The molecule has 0 bridgehead atoms. The Morgan fingerprint density at radius 3 is 1.73 bits per heavy atom. The summed E-state index contributed by atoms with van der Waals surface area (Å²) in [7, 11) is 0. The quantitative estimate of drug-likeness (QED) is 0.216. The fourth-order valence-electron chi connectivity index (χ4n) is 1.47. The summed E-state index contributed by atoms with van der Waals surface area (Å²) in [5.74, 6) is -19.0. The van der Waals surface area contributed by atoms with E-state index in [4.69, 9.17) is 0 Å². The number of allylic oxidation sites excluding steroid dienone is 2. The molecule has 0 amide bonds. The lowest BCUT2D eigenvalue weighted by Gasteiger charge is -2.32. The highest BCUT2D eigenvalue weighted by Gasteiger charge is 2.81. The van der Waals surface area contributed by atoms with Crippen molar-refractivity contribution in [2.45, 2.75) is 63.0 Å². The molecule has 0 aliphatic heterocycles. The van der Waals surface area contributed by atoms with Crippen molar-refractivity contribution < 1.29 is 39.5 Å². The van der Waals surface area contributed by atoms with Crippen LogP contribution in [-0.4, -0.2) is 23.9 Å². The zero-order chi connectivity index (χ0) is 17.8. The van der Waals surface area contributed by atoms with Crippen molar-refractivity contribution >= 4 is 22.6 Å². The van der Waals surface area contributed by atoms with Crippen LogP contribution in [-0.2, 0) is 0 Å². The topological polar surface area (TPSA) is 0 Å². The first-order valence-corrected chi connectivity index (χ1v) is 7.36. The molecule has 0 nitrogen and oxygen atoms in total. The fourth-order valence-corrected chi connectivity index (χ4v) is 2.24. The van der Waals surface area contributed by atoms with E-state index in [-0.39, 0.29) is 6.42 Å². The molecule has 0 N–H and O–H groups in total. The Kier molecular flexibility index (Phi) is 7.55. The Hall–Kier alpha value is -0.160. The predicted octanol–water partition coefficient (Wildman–Crippen LogP) is 6.74. The van der Waals surface area contributed by atoms with Gasteiger partial charge in [0.2, 0.25) is 0 Å². The zero-order valence-electron chi connectivity index (χ0n) is 11.4. The van der Waals surface area contributed by atoms with Crippen molar-refractivity contribution in [1.82, 2.24) is 0 Å². The third-order valence-corrected chi connectivity index (χ3v) is 3.63. The number of unbranched alkanes of at least 4 members (excludes halogenated alkanes) is 3. The van der Waals surface area contributed by atoms with E-state index in [2.05, 4.69) is 0 Å². The molecule has 0 aromatic heterocycles. The van der Waals surface area contributed by atoms with Crippen LogP contribution in [0.5, 0.6) is 0 Å². The Labute approximate surface area is 135 Å². The molecule has 0 saturated heterocycles. The average Bonchev–Trinajstić information content (AvgIpc) is 2.32. The minimum absolute atomic E-state index is 0.0934. The normalized spacial score (nSPS) is 15.3. The molecule has 0 heterocycles. The molecule has 0 fully saturated rings. The van der Waals surface area contributed by atoms with E-state index in [0.29, 0.717) is 12.8 Å². The van der Waals surface area contributed by atoms with Crippen LogP contribution in [0.1, 0.15) is 39.0 Å². The first-order chi connectivity index (χ1) is 9.70. The van der Waals surface area contributed by atoms with Crippen LogP contribution in [0.15, 0.2) is 9.66 Å². The largest absolute Gasteiger partial charge is 0.460 e. The summed E-state index contributed by atoms with van der Waals surface area (Å²) >= 11 is 1.23. The van der Waals surface area contributed by atoms with Crippen LogP contribution in [0.2, 0.25) is 0 Å². The summed E-state index contributed by atoms with van der Waals surface area (Å²) < 4.78 is 113. The zero-order valence-corrected chi connectivity index (χ0v) is 13.6. The number of rotatable bonds is 8. The van der Waals surface area contributed by atoms with Crippen LogP contribution < -0.4 is 0 Å². The molecule has 0 saturated carbocycles. The smallest absolute Gasteiger partial charge is 0.195 e. The molecule has 0 unspecified atom stereocenters. The van der Waals surface area contributed by atoms with E-state index < -0.39 is 33.6 Å². The van der Waals surface area contributed by atoms with Crippen LogP contribution >= 0.6 is 22.6 Å². The van der Waals surface area contributed by atoms with Crippen molar-refractivity contribution in [3.8, 4) is 0 Å². The lowest BCUT2D eigenvalue weighted by molar-refractivity contribution is -0.388. The van der Waals surface area contributed by atoms with E-state index in [1.54, 1.807) is 0 Å². The molecule has 22 heavy (non-hydrogen) atoms. The maximum atomic E-state index is 13.2. The van der Waals surface area contributed by atoms with Crippen molar-refractivity contribution in [3.05, 3.63) is 9.66 Å². The number of halogens is 10. The van der Waals surface area contributed by atoms with Crippen molar-refractivity contribution in [2.24, 2.45) is 0 Å². The summed E-state index contributed by atoms with van der Waals surface area (Å²) in [6.07, 6.45) is -4.84. The number of hydrogen-bond acceptors (Lipinski definition) is 0. The maximum absolute atomic E-state index is 13.2. The first-order valence-electron chi connectivity index (χ1n) is 6.28. The van der Waals surface area contributed by atoms with Gasteiger partial charge in [0.05, 0.1) is 0 Å². The summed E-state index contributed by atoms with van der Waals surface area (Å²) in [4.78, 5) is 0. The Morgan fingerprint density at radius 1 is 0.818 bits per heavy atom. The standard InChI is InChI=1S/C12H14F9I/c1-2-3-4-5-6-8(22)7-9(13,14)10(15,16)11(17,18)12(19,20)21/h7H,2-6H2,1H3/b8-7-. The molecule has 132 valence electrons. The first kappa shape index (κ1) is 21.8. The third-order valence-electron chi connectivity index (χ3n) is 2.78. The van der Waals surface area contributed by atoms with Gasteiger partial charge in [-0.1, -0.05) is 26.2 Å². The van der Waals surface area contributed by atoms with Gasteiger partial charge in [0.1, 0.15) is 0 Å². The molecule has 0 aromatic rings. The highest BCUT2D eigenvalue weighted by Crippen LogP contribution is 2.53. The second-order valence-electron chi connectivity index (χ2n) is 4.67. The maximum Gasteiger partial charge on any atom is 0.460 e. The molecular weight excluding hydrogens is 442 g/mol. The van der Waals surface area contributed by atoms with Gasteiger partial charge >= 0.3 is 23.9 Å². The molecule has 0 spiro atoms. The van der Waals surface area contributed by atoms with Gasteiger partial charge in [0.15, 0.2) is 0 Å². The lowest BCUT2D eigenvalue weighted by atomic mass is 10.0. The molecule has 0 atom stereocenters.